The fourth-order valence-electron chi connectivity index (χ4n) is 4.16. The molecule has 1 aliphatic heterocycles. The molecule has 0 saturated carbocycles. The van der Waals surface area contributed by atoms with Crippen molar-refractivity contribution in [2.24, 2.45) is 0 Å². The molecule has 1 aliphatic rings. The van der Waals surface area contributed by atoms with Crippen molar-refractivity contribution in [3.63, 3.8) is 0 Å². The summed E-state index contributed by atoms with van der Waals surface area (Å²) in [6, 6.07) is 5.04. The van der Waals surface area contributed by atoms with E-state index in [9.17, 15) is 36.3 Å². The second-order valence-corrected chi connectivity index (χ2v) is 10.4. The van der Waals surface area contributed by atoms with Gasteiger partial charge < -0.3 is 10.0 Å². The van der Waals surface area contributed by atoms with E-state index in [1.165, 1.54) is 23.9 Å². The molecule has 192 valence electrons. The first-order valence-electron chi connectivity index (χ1n) is 11.1. The lowest BCUT2D eigenvalue weighted by Crippen LogP contribution is -2.36. The predicted molar refractivity (Wildman–Crippen MR) is 123 cm³/mol. The number of sulfone groups is 1. The number of carbonyl (C=O) groups excluding carboxylic acids is 1. The zero-order chi connectivity index (χ0) is 26.3. The first-order chi connectivity index (χ1) is 16.9. The molecule has 1 fully saturated rings. The first kappa shape index (κ1) is 25.5. The van der Waals surface area contributed by atoms with Crippen molar-refractivity contribution < 1.29 is 31.5 Å². The largest absolute Gasteiger partial charge is 0.501 e. The van der Waals surface area contributed by atoms with Gasteiger partial charge in [-0.3, -0.25) is 14.3 Å². The highest BCUT2D eigenvalue weighted by Gasteiger charge is 2.46. The van der Waals surface area contributed by atoms with E-state index >= 15 is 0 Å². The third-order valence-electron chi connectivity index (χ3n) is 6.19. The standard InChI is InChI=1S/C23H23F3N4O5S/c1-15-20(31)30(17-5-7-18(8-6-17)36(34,35)23(24,25)26)22(33)29(15)14-16-9-10-27-13-19(16)21(32)28-11-3-2-4-12-28/h5-10,13,31H,2-4,11-12,14H2,1H3. The maximum absolute atomic E-state index is 13.2. The van der Waals surface area contributed by atoms with Gasteiger partial charge in [0.05, 0.1) is 28.4 Å². The molecule has 0 radical (unpaired) electrons. The number of aromatic hydroxyl groups is 1. The summed E-state index contributed by atoms with van der Waals surface area (Å²) in [5.74, 6) is -0.669. The predicted octanol–water partition coefficient (Wildman–Crippen LogP) is 3.02. The summed E-state index contributed by atoms with van der Waals surface area (Å²) in [5.41, 5.74) is -5.22. The lowest BCUT2D eigenvalue weighted by atomic mass is 10.1. The van der Waals surface area contributed by atoms with Crippen molar-refractivity contribution in [2.45, 2.75) is 43.1 Å². The Bertz CT molecular complexity index is 1450. The molecule has 3 heterocycles. The number of benzene rings is 1. The van der Waals surface area contributed by atoms with Crippen LogP contribution in [0.4, 0.5) is 13.2 Å². The number of pyridine rings is 1. The van der Waals surface area contributed by atoms with Crippen molar-refractivity contribution in [3.05, 3.63) is 70.0 Å². The minimum atomic E-state index is -5.56. The van der Waals surface area contributed by atoms with Gasteiger partial charge in [-0.15, -0.1) is 0 Å². The van der Waals surface area contributed by atoms with E-state index in [-0.39, 0.29) is 23.8 Å². The van der Waals surface area contributed by atoms with Gasteiger partial charge >= 0.3 is 11.2 Å². The molecule has 0 unspecified atom stereocenters. The normalized spacial score (nSPS) is 14.7. The molecule has 9 nitrogen and oxygen atoms in total. The molecular formula is C23H23F3N4O5S. The number of hydrogen-bond donors (Lipinski definition) is 1. The zero-order valence-electron chi connectivity index (χ0n) is 19.2. The molecule has 3 aromatic rings. The van der Waals surface area contributed by atoms with Crippen molar-refractivity contribution in [2.75, 3.05) is 13.1 Å². The summed E-state index contributed by atoms with van der Waals surface area (Å²) in [7, 11) is -5.56. The third-order valence-corrected chi connectivity index (χ3v) is 7.69. The number of amides is 1. The Balaban J connectivity index is 1.69. The number of nitrogens with zero attached hydrogens (tertiary/aromatic N) is 4. The SMILES string of the molecule is Cc1c(O)n(-c2ccc(S(=O)(=O)C(F)(F)F)cc2)c(=O)n1Cc1ccncc1C(=O)N1CCCCC1. The Hall–Kier alpha value is -3.61. The minimum absolute atomic E-state index is 0.0279. The Labute approximate surface area is 204 Å². The van der Waals surface area contributed by atoms with Crippen LogP contribution in [0.1, 0.15) is 40.9 Å². The van der Waals surface area contributed by atoms with E-state index in [4.69, 9.17) is 0 Å². The van der Waals surface area contributed by atoms with Crippen LogP contribution >= 0.6 is 0 Å². The van der Waals surface area contributed by atoms with Gasteiger partial charge in [0.25, 0.3) is 15.7 Å². The molecule has 13 heteroatoms. The molecule has 4 rings (SSSR count). The number of rotatable bonds is 5. The van der Waals surface area contributed by atoms with Crippen LogP contribution < -0.4 is 5.69 Å². The Kier molecular flexibility index (Phi) is 6.69. The average Bonchev–Trinajstić information content (AvgIpc) is 3.07. The van der Waals surface area contributed by atoms with Crippen LogP contribution in [0.15, 0.2) is 52.4 Å². The smallest absolute Gasteiger partial charge is 0.493 e. The monoisotopic (exact) mass is 524 g/mol. The Morgan fingerprint density at radius 1 is 1.08 bits per heavy atom. The summed E-state index contributed by atoms with van der Waals surface area (Å²) in [6.07, 6.45) is 5.77. The second kappa shape index (κ2) is 9.45. The van der Waals surface area contributed by atoms with Crippen LogP contribution in [0.25, 0.3) is 5.69 Å². The Morgan fingerprint density at radius 2 is 1.72 bits per heavy atom. The zero-order valence-corrected chi connectivity index (χ0v) is 20.0. The number of alkyl halides is 3. The quantitative estimate of drug-likeness (QED) is 0.549. The van der Waals surface area contributed by atoms with E-state index in [0.29, 0.717) is 24.2 Å². The molecule has 1 N–H and O–H groups in total. The number of piperidine rings is 1. The van der Waals surface area contributed by atoms with Crippen LogP contribution in [-0.4, -0.2) is 57.0 Å². The fraction of sp³-hybridized carbons (Fsp3) is 0.348. The van der Waals surface area contributed by atoms with Gasteiger partial charge in [-0.25, -0.2) is 17.8 Å². The maximum atomic E-state index is 13.2. The topological polar surface area (TPSA) is 115 Å². The molecule has 0 aliphatic carbocycles. The summed E-state index contributed by atoms with van der Waals surface area (Å²) in [6.45, 7) is 2.67. The van der Waals surface area contributed by atoms with Crippen LogP contribution in [0.2, 0.25) is 0 Å². The number of hydrogen-bond acceptors (Lipinski definition) is 6. The lowest BCUT2D eigenvalue weighted by molar-refractivity contribution is -0.0436. The van der Waals surface area contributed by atoms with Gasteiger partial charge in [0, 0.05) is 25.5 Å². The molecular weight excluding hydrogens is 501 g/mol. The van der Waals surface area contributed by atoms with Crippen molar-refractivity contribution in [1.29, 1.82) is 0 Å². The highest BCUT2D eigenvalue weighted by atomic mass is 32.2. The van der Waals surface area contributed by atoms with E-state index in [2.05, 4.69) is 4.98 Å². The lowest BCUT2D eigenvalue weighted by Gasteiger charge is -2.27. The van der Waals surface area contributed by atoms with Crippen molar-refractivity contribution >= 4 is 15.7 Å². The summed E-state index contributed by atoms with van der Waals surface area (Å²) in [4.78, 5) is 31.1. The van der Waals surface area contributed by atoms with Gasteiger partial charge in [-0.05, 0) is 62.1 Å². The molecule has 1 amide bonds. The first-order valence-corrected chi connectivity index (χ1v) is 12.6. The van der Waals surface area contributed by atoms with Crippen LogP contribution in [0.3, 0.4) is 0 Å². The van der Waals surface area contributed by atoms with Crippen LogP contribution in [0, 0.1) is 6.92 Å². The van der Waals surface area contributed by atoms with Gasteiger partial charge in [-0.1, -0.05) is 0 Å². The van der Waals surface area contributed by atoms with Gasteiger partial charge in [0.1, 0.15) is 0 Å². The molecule has 0 spiro atoms. The Morgan fingerprint density at radius 3 is 2.33 bits per heavy atom. The summed E-state index contributed by atoms with van der Waals surface area (Å²) in [5, 5.41) is 10.6. The van der Waals surface area contributed by atoms with E-state index in [1.807, 2.05) is 0 Å². The molecule has 1 saturated heterocycles. The van der Waals surface area contributed by atoms with Crippen LogP contribution in [0.5, 0.6) is 5.88 Å². The summed E-state index contributed by atoms with van der Waals surface area (Å²) < 4.78 is 63.8. The third kappa shape index (κ3) is 4.50. The van der Waals surface area contributed by atoms with E-state index in [0.717, 1.165) is 48.1 Å². The summed E-state index contributed by atoms with van der Waals surface area (Å²) >= 11 is 0. The highest BCUT2D eigenvalue weighted by Crippen LogP contribution is 2.31. The molecule has 0 bridgehead atoms. The molecule has 1 aromatic carbocycles. The number of aromatic nitrogens is 3. The highest BCUT2D eigenvalue weighted by molar-refractivity contribution is 7.92. The molecule has 36 heavy (non-hydrogen) atoms. The van der Waals surface area contributed by atoms with Gasteiger partial charge in [0.15, 0.2) is 0 Å². The number of imidazole rings is 1. The number of likely N-dealkylation sites (tertiary alicyclic amines) is 1. The number of halogens is 3. The van der Waals surface area contributed by atoms with Crippen LogP contribution in [-0.2, 0) is 16.4 Å². The fourth-order valence-corrected chi connectivity index (χ4v) is 4.92. The average molecular weight is 525 g/mol. The number of carbonyl (C=O) groups is 1. The van der Waals surface area contributed by atoms with Crippen molar-refractivity contribution in [3.8, 4) is 11.6 Å². The van der Waals surface area contributed by atoms with E-state index < -0.39 is 31.8 Å². The maximum Gasteiger partial charge on any atom is 0.501 e. The second-order valence-electron chi connectivity index (χ2n) is 8.44. The minimum Gasteiger partial charge on any atom is -0.493 e. The molecule has 0 atom stereocenters. The molecule has 2 aromatic heterocycles. The van der Waals surface area contributed by atoms with E-state index in [1.54, 1.807) is 11.0 Å². The van der Waals surface area contributed by atoms with Gasteiger partial charge in [-0.2, -0.15) is 13.2 Å². The van der Waals surface area contributed by atoms with Gasteiger partial charge in [0.2, 0.25) is 5.88 Å². The van der Waals surface area contributed by atoms with Crippen molar-refractivity contribution in [1.82, 2.24) is 19.0 Å².